The Labute approximate surface area is 89.0 Å². The number of aliphatic hydroxyl groups excluding tert-OH is 1. The van der Waals surface area contributed by atoms with Gasteiger partial charge < -0.3 is 5.11 Å². The molecule has 0 amide bonds. The van der Waals surface area contributed by atoms with Gasteiger partial charge in [-0.3, -0.25) is 0 Å². The molecule has 3 heteroatoms. The van der Waals surface area contributed by atoms with Crippen molar-refractivity contribution in [1.82, 2.24) is 4.98 Å². The molecule has 1 saturated carbocycles. The number of aromatic nitrogens is 1. The van der Waals surface area contributed by atoms with E-state index in [0.29, 0.717) is 5.92 Å². The average molecular weight is 211 g/mol. The molecule has 1 heterocycles. The van der Waals surface area contributed by atoms with Gasteiger partial charge in [0.1, 0.15) is 0 Å². The number of aliphatic hydroxyl groups is 1. The van der Waals surface area contributed by atoms with Gasteiger partial charge in [-0.1, -0.05) is 13.3 Å². The van der Waals surface area contributed by atoms with Crippen LogP contribution in [0.15, 0.2) is 5.38 Å². The molecule has 1 N–H and O–H groups in total. The van der Waals surface area contributed by atoms with Crippen LogP contribution in [0.3, 0.4) is 0 Å². The minimum atomic E-state index is 0.0838. The lowest BCUT2D eigenvalue weighted by Crippen LogP contribution is -1.95. The van der Waals surface area contributed by atoms with E-state index in [1.165, 1.54) is 30.7 Å². The Morgan fingerprint density at radius 3 is 3.00 bits per heavy atom. The Bertz CT molecular complexity index is 297. The second kappa shape index (κ2) is 4.41. The van der Waals surface area contributed by atoms with Crippen LogP contribution in [0.25, 0.3) is 0 Å². The fourth-order valence-corrected chi connectivity index (χ4v) is 3.21. The first-order valence-electron chi connectivity index (χ1n) is 5.38. The first kappa shape index (κ1) is 10.1. The quantitative estimate of drug-likeness (QED) is 0.834. The molecule has 14 heavy (non-hydrogen) atoms. The molecule has 2 rings (SSSR count). The van der Waals surface area contributed by atoms with Crippen LogP contribution in [0.1, 0.15) is 49.2 Å². The molecular formula is C11H17NOS. The smallest absolute Gasteiger partial charge is 0.0960 e. The fourth-order valence-electron chi connectivity index (χ4n) is 2.25. The lowest BCUT2D eigenvalue weighted by molar-refractivity contribution is 0.277. The molecule has 1 fully saturated rings. The molecule has 2 atom stereocenters. The Morgan fingerprint density at radius 1 is 1.57 bits per heavy atom. The summed E-state index contributed by atoms with van der Waals surface area (Å²) in [5.41, 5.74) is 0.838. The summed E-state index contributed by atoms with van der Waals surface area (Å²) in [7, 11) is 0. The van der Waals surface area contributed by atoms with E-state index in [1.54, 1.807) is 11.3 Å². The SMILES string of the molecule is CCC1CCC(c2nc(CO)cs2)C1. The van der Waals surface area contributed by atoms with Crippen LogP contribution >= 0.6 is 11.3 Å². The van der Waals surface area contributed by atoms with Gasteiger partial charge in [-0.05, 0) is 25.2 Å². The molecule has 0 aromatic carbocycles. The minimum Gasteiger partial charge on any atom is -0.390 e. The normalized spacial score (nSPS) is 27.0. The number of rotatable bonds is 3. The predicted molar refractivity (Wildman–Crippen MR) is 58.4 cm³/mol. The highest BCUT2D eigenvalue weighted by Gasteiger charge is 2.26. The molecule has 0 spiro atoms. The Kier molecular flexibility index (Phi) is 3.19. The summed E-state index contributed by atoms with van der Waals surface area (Å²) < 4.78 is 0. The van der Waals surface area contributed by atoms with Crippen molar-refractivity contribution >= 4 is 11.3 Å². The van der Waals surface area contributed by atoms with Gasteiger partial charge in [-0.2, -0.15) is 0 Å². The maximum absolute atomic E-state index is 8.94. The average Bonchev–Trinajstić information content (AvgIpc) is 2.86. The molecule has 0 radical (unpaired) electrons. The molecule has 78 valence electrons. The zero-order chi connectivity index (χ0) is 9.97. The standard InChI is InChI=1S/C11H17NOS/c1-2-8-3-4-9(5-8)11-12-10(6-13)7-14-11/h7-9,13H,2-6H2,1H3. The third-order valence-corrected chi connectivity index (χ3v) is 4.26. The Morgan fingerprint density at radius 2 is 2.43 bits per heavy atom. The molecule has 0 saturated heterocycles. The van der Waals surface area contributed by atoms with Crippen LogP contribution in [0.4, 0.5) is 0 Å². The number of hydrogen-bond acceptors (Lipinski definition) is 3. The van der Waals surface area contributed by atoms with Gasteiger partial charge >= 0.3 is 0 Å². The summed E-state index contributed by atoms with van der Waals surface area (Å²) in [6.07, 6.45) is 5.25. The van der Waals surface area contributed by atoms with Gasteiger partial charge in [-0.15, -0.1) is 11.3 Å². The molecule has 1 aliphatic carbocycles. The fraction of sp³-hybridized carbons (Fsp3) is 0.727. The summed E-state index contributed by atoms with van der Waals surface area (Å²) >= 11 is 1.71. The first-order valence-corrected chi connectivity index (χ1v) is 6.26. The van der Waals surface area contributed by atoms with E-state index in [9.17, 15) is 0 Å². The predicted octanol–water partition coefficient (Wildman–Crippen LogP) is 2.93. The molecular weight excluding hydrogens is 194 g/mol. The highest BCUT2D eigenvalue weighted by Crippen LogP contribution is 2.40. The molecule has 0 bridgehead atoms. The second-order valence-electron chi connectivity index (χ2n) is 4.12. The second-order valence-corrected chi connectivity index (χ2v) is 5.01. The maximum atomic E-state index is 8.94. The van der Waals surface area contributed by atoms with Crippen molar-refractivity contribution in [3.8, 4) is 0 Å². The van der Waals surface area contributed by atoms with Crippen LogP contribution in [0, 0.1) is 5.92 Å². The zero-order valence-electron chi connectivity index (χ0n) is 8.57. The Hall–Kier alpha value is -0.410. The van der Waals surface area contributed by atoms with Crippen LogP contribution in [0.5, 0.6) is 0 Å². The monoisotopic (exact) mass is 211 g/mol. The van der Waals surface area contributed by atoms with Crippen molar-refractivity contribution in [2.45, 2.75) is 45.1 Å². The van der Waals surface area contributed by atoms with Crippen molar-refractivity contribution in [1.29, 1.82) is 0 Å². The molecule has 1 aromatic heterocycles. The van der Waals surface area contributed by atoms with Crippen LogP contribution in [-0.4, -0.2) is 10.1 Å². The number of hydrogen-bond donors (Lipinski definition) is 1. The summed E-state index contributed by atoms with van der Waals surface area (Å²) in [5, 5.41) is 12.2. The molecule has 1 aromatic rings. The van der Waals surface area contributed by atoms with Crippen molar-refractivity contribution in [2.75, 3.05) is 0 Å². The maximum Gasteiger partial charge on any atom is 0.0960 e. The molecule has 1 aliphatic rings. The van der Waals surface area contributed by atoms with Gasteiger partial charge in [0, 0.05) is 11.3 Å². The van der Waals surface area contributed by atoms with Crippen molar-refractivity contribution in [2.24, 2.45) is 5.92 Å². The number of thiazole rings is 1. The molecule has 2 unspecified atom stereocenters. The first-order chi connectivity index (χ1) is 6.83. The van der Waals surface area contributed by atoms with Gasteiger partial charge in [0.05, 0.1) is 17.3 Å². The summed E-state index contributed by atoms with van der Waals surface area (Å²) in [5.74, 6) is 1.58. The van der Waals surface area contributed by atoms with E-state index >= 15 is 0 Å². The third kappa shape index (κ3) is 1.98. The Balaban J connectivity index is 2.02. The lowest BCUT2D eigenvalue weighted by atomic mass is 10.0. The summed E-state index contributed by atoms with van der Waals surface area (Å²) in [6.45, 7) is 2.36. The summed E-state index contributed by atoms with van der Waals surface area (Å²) in [4.78, 5) is 4.45. The summed E-state index contributed by atoms with van der Waals surface area (Å²) in [6, 6.07) is 0. The largest absolute Gasteiger partial charge is 0.390 e. The zero-order valence-corrected chi connectivity index (χ0v) is 9.39. The van der Waals surface area contributed by atoms with Crippen LogP contribution < -0.4 is 0 Å². The topological polar surface area (TPSA) is 33.1 Å². The van der Waals surface area contributed by atoms with Crippen LogP contribution in [-0.2, 0) is 6.61 Å². The van der Waals surface area contributed by atoms with E-state index in [1.807, 2.05) is 5.38 Å². The van der Waals surface area contributed by atoms with Crippen molar-refractivity contribution < 1.29 is 5.11 Å². The highest BCUT2D eigenvalue weighted by molar-refractivity contribution is 7.09. The lowest BCUT2D eigenvalue weighted by Gasteiger charge is -2.05. The van der Waals surface area contributed by atoms with Gasteiger partial charge in [0.25, 0.3) is 0 Å². The van der Waals surface area contributed by atoms with Crippen LogP contribution in [0.2, 0.25) is 0 Å². The van der Waals surface area contributed by atoms with Gasteiger partial charge in [-0.25, -0.2) is 4.98 Å². The van der Waals surface area contributed by atoms with Crippen molar-refractivity contribution in [3.05, 3.63) is 16.1 Å². The highest BCUT2D eigenvalue weighted by atomic mass is 32.1. The van der Waals surface area contributed by atoms with E-state index in [-0.39, 0.29) is 6.61 Å². The number of nitrogens with zero attached hydrogens (tertiary/aromatic N) is 1. The van der Waals surface area contributed by atoms with E-state index < -0.39 is 0 Å². The minimum absolute atomic E-state index is 0.0838. The van der Waals surface area contributed by atoms with E-state index in [4.69, 9.17) is 5.11 Å². The third-order valence-electron chi connectivity index (χ3n) is 3.20. The molecule has 0 aliphatic heterocycles. The van der Waals surface area contributed by atoms with Gasteiger partial charge in [0.15, 0.2) is 0 Å². The van der Waals surface area contributed by atoms with Crippen molar-refractivity contribution in [3.63, 3.8) is 0 Å². The van der Waals surface area contributed by atoms with Gasteiger partial charge in [0.2, 0.25) is 0 Å². The van der Waals surface area contributed by atoms with E-state index in [0.717, 1.165) is 11.6 Å². The molecule has 2 nitrogen and oxygen atoms in total. The van der Waals surface area contributed by atoms with E-state index in [2.05, 4.69) is 11.9 Å².